The Morgan fingerprint density at radius 3 is 2.56 bits per heavy atom. The van der Waals surface area contributed by atoms with Crippen LogP contribution in [0.25, 0.3) is 0 Å². The average Bonchev–Trinajstić information content (AvgIpc) is 2.55. The molecule has 1 aliphatic rings. The van der Waals surface area contributed by atoms with Gasteiger partial charge < -0.3 is 9.16 Å². The summed E-state index contributed by atoms with van der Waals surface area (Å²) in [4.78, 5) is 2.52. The Labute approximate surface area is 155 Å². The third kappa shape index (κ3) is 6.85. The molecule has 0 saturated carbocycles. The van der Waals surface area contributed by atoms with Gasteiger partial charge in [-0.25, -0.2) is 0 Å². The van der Waals surface area contributed by atoms with E-state index in [-0.39, 0.29) is 0 Å². The maximum Gasteiger partial charge on any atom is 0.191 e. The lowest BCUT2D eigenvalue weighted by Crippen LogP contribution is -2.42. The van der Waals surface area contributed by atoms with Crippen molar-refractivity contribution in [2.24, 2.45) is 0 Å². The topological polar surface area (TPSA) is 21.7 Å². The molecule has 1 aliphatic heterocycles. The fourth-order valence-electron chi connectivity index (χ4n) is 2.96. The highest BCUT2D eigenvalue weighted by atomic mass is 28.4. The zero-order chi connectivity index (χ0) is 18.3. The van der Waals surface area contributed by atoms with E-state index >= 15 is 0 Å². The molecular formula is C21H37NO2Si. The van der Waals surface area contributed by atoms with Gasteiger partial charge in [-0.05, 0) is 43.0 Å². The highest BCUT2D eigenvalue weighted by Crippen LogP contribution is 2.36. The lowest BCUT2D eigenvalue weighted by molar-refractivity contribution is -0.0360. The summed E-state index contributed by atoms with van der Waals surface area (Å²) in [5, 5.41) is 0.303. The predicted molar refractivity (Wildman–Crippen MR) is 108 cm³/mol. The van der Waals surface area contributed by atoms with Crippen LogP contribution < -0.4 is 0 Å². The van der Waals surface area contributed by atoms with Gasteiger partial charge in [0.05, 0.1) is 12.7 Å². The first-order chi connectivity index (χ1) is 11.8. The average molecular weight is 364 g/mol. The molecule has 1 aromatic carbocycles. The molecule has 142 valence electrons. The molecule has 3 nitrogen and oxygen atoms in total. The molecule has 1 aromatic rings. The van der Waals surface area contributed by atoms with Gasteiger partial charge in [-0.15, -0.1) is 0 Å². The van der Waals surface area contributed by atoms with E-state index in [0.717, 1.165) is 45.7 Å². The standard InChI is InChI=1S/C21H37NO2Si/c1-21(2,3)25(4,5)24-15-10-9-13-20-18-22(14-16-23-20)17-19-11-7-6-8-12-19/h6-8,11-12,20H,9-10,13-18H2,1-5H3/t20-/m0/s1. The van der Waals surface area contributed by atoms with E-state index in [2.05, 4.69) is 69.1 Å². The van der Waals surface area contributed by atoms with Crippen molar-refractivity contribution >= 4 is 8.32 Å². The Morgan fingerprint density at radius 2 is 1.88 bits per heavy atom. The van der Waals surface area contributed by atoms with E-state index in [1.54, 1.807) is 0 Å². The maximum atomic E-state index is 6.27. The largest absolute Gasteiger partial charge is 0.417 e. The molecule has 1 atom stereocenters. The van der Waals surface area contributed by atoms with E-state index in [4.69, 9.17) is 9.16 Å². The van der Waals surface area contributed by atoms with Gasteiger partial charge in [-0.2, -0.15) is 0 Å². The summed E-state index contributed by atoms with van der Waals surface area (Å²) in [6, 6.07) is 10.7. The highest BCUT2D eigenvalue weighted by Gasteiger charge is 2.36. The number of hydrogen-bond donors (Lipinski definition) is 0. The highest BCUT2D eigenvalue weighted by molar-refractivity contribution is 6.74. The van der Waals surface area contributed by atoms with Crippen molar-refractivity contribution in [1.29, 1.82) is 0 Å². The number of ether oxygens (including phenoxy) is 1. The summed E-state index contributed by atoms with van der Waals surface area (Å²) >= 11 is 0. The SMILES string of the molecule is CC(C)(C)[Si](C)(C)OCCCC[C@H]1CN(Cc2ccccc2)CCO1. The van der Waals surface area contributed by atoms with Gasteiger partial charge in [0.2, 0.25) is 0 Å². The molecule has 0 aromatic heterocycles. The summed E-state index contributed by atoms with van der Waals surface area (Å²) < 4.78 is 12.2. The molecule has 0 unspecified atom stereocenters. The lowest BCUT2D eigenvalue weighted by Gasteiger charge is -2.36. The molecule has 25 heavy (non-hydrogen) atoms. The maximum absolute atomic E-state index is 6.27. The minimum atomic E-state index is -1.59. The van der Waals surface area contributed by atoms with Gasteiger partial charge in [0.25, 0.3) is 0 Å². The van der Waals surface area contributed by atoms with Gasteiger partial charge in [0, 0.05) is 26.2 Å². The molecule has 0 radical (unpaired) electrons. The van der Waals surface area contributed by atoms with E-state index in [0.29, 0.717) is 11.1 Å². The van der Waals surface area contributed by atoms with Crippen LogP contribution >= 0.6 is 0 Å². The molecule has 0 amide bonds. The molecular weight excluding hydrogens is 326 g/mol. The van der Waals surface area contributed by atoms with E-state index in [9.17, 15) is 0 Å². The van der Waals surface area contributed by atoms with Gasteiger partial charge >= 0.3 is 0 Å². The van der Waals surface area contributed by atoms with Crippen LogP contribution in [0.15, 0.2) is 30.3 Å². The van der Waals surface area contributed by atoms with Crippen molar-refractivity contribution < 1.29 is 9.16 Å². The minimum Gasteiger partial charge on any atom is -0.417 e. The molecule has 0 N–H and O–H groups in total. The Hall–Kier alpha value is -0.683. The van der Waals surface area contributed by atoms with Gasteiger partial charge in [-0.1, -0.05) is 51.1 Å². The van der Waals surface area contributed by atoms with E-state index in [1.807, 2.05) is 0 Å². The van der Waals surface area contributed by atoms with Crippen molar-refractivity contribution in [2.45, 2.75) is 70.8 Å². The van der Waals surface area contributed by atoms with Crippen LogP contribution in [0.4, 0.5) is 0 Å². The summed E-state index contributed by atoms with van der Waals surface area (Å²) in [5.74, 6) is 0. The van der Waals surface area contributed by atoms with Crippen molar-refractivity contribution in [3.05, 3.63) is 35.9 Å². The van der Waals surface area contributed by atoms with Crippen molar-refractivity contribution in [1.82, 2.24) is 4.90 Å². The Morgan fingerprint density at radius 1 is 1.16 bits per heavy atom. The first kappa shape index (κ1) is 20.6. The second-order valence-electron chi connectivity index (χ2n) is 8.82. The van der Waals surface area contributed by atoms with Crippen LogP contribution in [-0.2, 0) is 15.7 Å². The normalized spacial score (nSPS) is 20.0. The summed E-state index contributed by atoms with van der Waals surface area (Å²) in [6.45, 7) is 16.5. The summed E-state index contributed by atoms with van der Waals surface area (Å²) in [7, 11) is -1.59. The molecule has 1 fully saturated rings. The summed E-state index contributed by atoms with van der Waals surface area (Å²) in [5.41, 5.74) is 1.39. The van der Waals surface area contributed by atoms with Gasteiger partial charge in [0.1, 0.15) is 0 Å². The minimum absolute atomic E-state index is 0.303. The second kappa shape index (κ2) is 9.31. The molecule has 1 heterocycles. The number of morpholine rings is 1. The van der Waals surface area contributed by atoms with E-state index in [1.165, 1.54) is 12.0 Å². The summed E-state index contributed by atoms with van der Waals surface area (Å²) in [6.07, 6.45) is 3.86. The number of unbranched alkanes of at least 4 members (excludes halogenated alkanes) is 1. The molecule has 0 aliphatic carbocycles. The molecule has 4 heteroatoms. The third-order valence-electron chi connectivity index (χ3n) is 5.66. The van der Waals surface area contributed by atoms with Crippen LogP contribution in [0.3, 0.4) is 0 Å². The molecule has 0 bridgehead atoms. The van der Waals surface area contributed by atoms with Crippen molar-refractivity contribution in [3.63, 3.8) is 0 Å². The van der Waals surface area contributed by atoms with Crippen LogP contribution in [0.2, 0.25) is 18.1 Å². The van der Waals surface area contributed by atoms with Gasteiger partial charge in [0.15, 0.2) is 8.32 Å². The van der Waals surface area contributed by atoms with E-state index < -0.39 is 8.32 Å². The number of hydrogen-bond acceptors (Lipinski definition) is 3. The number of benzene rings is 1. The molecule has 0 spiro atoms. The van der Waals surface area contributed by atoms with Crippen LogP contribution in [0, 0.1) is 0 Å². The quantitative estimate of drug-likeness (QED) is 0.475. The van der Waals surface area contributed by atoms with Gasteiger partial charge in [-0.3, -0.25) is 4.90 Å². The zero-order valence-electron chi connectivity index (χ0n) is 16.9. The number of rotatable bonds is 8. The van der Waals surface area contributed by atoms with Crippen LogP contribution in [0.1, 0.15) is 45.6 Å². The van der Waals surface area contributed by atoms with Crippen molar-refractivity contribution in [2.75, 3.05) is 26.3 Å². The molecule has 1 saturated heterocycles. The third-order valence-corrected chi connectivity index (χ3v) is 10.2. The Kier molecular flexibility index (Phi) is 7.68. The van der Waals surface area contributed by atoms with Crippen LogP contribution in [-0.4, -0.2) is 45.6 Å². The second-order valence-corrected chi connectivity index (χ2v) is 13.6. The van der Waals surface area contributed by atoms with Crippen LogP contribution in [0.5, 0.6) is 0 Å². The monoisotopic (exact) mass is 363 g/mol. The zero-order valence-corrected chi connectivity index (χ0v) is 17.9. The fraction of sp³-hybridized carbons (Fsp3) is 0.714. The predicted octanol–water partition coefficient (Wildman–Crippen LogP) is 5.08. The van der Waals surface area contributed by atoms with Crippen molar-refractivity contribution in [3.8, 4) is 0 Å². The smallest absolute Gasteiger partial charge is 0.191 e. The lowest BCUT2D eigenvalue weighted by atomic mass is 10.1. The molecule has 2 rings (SSSR count). The first-order valence-electron chi connectivity index (χ1n) is 9.80. The number of nitrogens with zero attached hydrogens (tertiary/aromatic N) is 1. The first-order valence-corrected chi connectivity index (χ1v) is 12.7. The Bertz CT molecular complexity index is 498. The Balaban J connectivity index is 1.64. The fourth-order valence-corrected chi connectivity index (χ4v) is 4.05.